The number of sulfonamides is 1. The Hall–Kier alpha value is -2.38. The van der Waals surface area contributed by atoms with Crippen molar-refractivity contribution >= 4 is 27.3 Å². The normalized spacial score (nSPS) is 19.8. The first-order valence-electron chi connectivity index (χ1n) is 9.64. The molecule has 0 bridgehead atoms. The monoisotopic (exact) mass is 402 g/mol. The van der Waals surface area contributed by atoms with Crippen molar-refractivity contribution in [3.8, 4) is 0 Å². The largest absolute Gasteiger partial charge is 0.327 e. The molecule has 0 saturated carbocycles. The molecule has 1 saturated heterocycles. The van der Waals surface area contributed by atoms with Crippen molar-refractivity contribution in [1.82, 2.24) is 0 Å². The fourth-order valence-electron chi connectivity index (χ4n) is 3.66. The smallest absolute Gasteiger partial charge is 0.279 e. The molecule has 2 aromatic carbocycles. The summed E-state index contributed by atoms with van der Waals surface area (Å²) in [5.74, 6) is 0.550. The highest BCUT2D eigenvalue weighted by Crippen LogP contribution is 2.23. The van der Waals surface area contributed by atoms with Gasteiger partial charge in [-0.3, -0.25) is 9.10 Å². The van der Waals surface area contributed by atoms with Gasteiger partial charge in [-0.1, -0.05) is 31.2 Å². The minimum Gasteiger partial charge on any atom is -0.327 e. The number of carbonyl (C=O) groups excluding carboxylic acids is 1. The summed E-state index contributed by atoms with van der Waals surface area (Å²) < 4.78 is 27.1. The summed E-state index contributed by atoms with van der Waals surface area (Å²) in [7, 11) is -2.18. The van der Waals surface area contributed by atoms with Gasteiger partial charge in [0.05, 0.1) is 23.7 Å². The highest BCUT2D eigenvalue weighted by atomic mass is 32.2. The summed E-state index contributed by atoms with van der Waals surface area (Å²) in [6, 6.07) is 15.3. The van der Waals surface area contributed by atoms with E-state index in [-0.39, 0.29) is 10.8 Å². The number of hydrogen-bond donors (Lipinski definition) is 2. The Morgan fingerprint density at radius 2 is 1.93 bits per heavy atom. The molecule has 1 fully saturated rings. The lowest BCUT2D eigenvalue weighted by Crippen LogP contribution is -3.14. The highest BCUT2D eigenvalue weighted by Gasteiger charge is 2.23. The summed E-state index contributed by atoms with van der Waals surface area (Å²) in [5, 5.41) is 2.85. The van der Waals surface area contributed by atoms with Crippen molar-refractivity contribution in [3.63, 3.8) is 0 Å². The van der Waals surface area contributed by atoms with Crippen LogP contribution < -0.4 is 14.5 Å². The Morgan fingerprint density at radius 1 is 1.18 bits per heavy atom. The van der Waals surface area contributed by atoms with E-state index in [9.17, 15) is 13.2 Å². The Balaban J connectivity index is 1.70. The van der Waals surface area contributed by atoms with E-state index >= 15 is 0 Å². The molecule has 0 aromatic heterocycles. The zero-order chi connectivity index (χ0) is 20.1. The number of quaternary nitrogens is 1. The predicted octanol–water partition coefficient (Wildman–Crippen LogP) is 1.77. The van der Waals surface area contributed by atoms with Crippen molar-refractivity contribution in [2.45, 2.75) is 24.7 Å². The summed E-state index contributed by atoms with van der Waals surface area (Å²) in [4.78, 5) is 13.8. The lowest BCUT2D eigenvalue weighted by molar-refractivity contribution is -0.900. The number of rotatable bonds is 6. The van der Waals surface area contributed by atoms with Crippen molar-refractivity contribution in [2.24, 2.45) is 5.92 Å². The lowest BCUT2D eigenvalue weighted by Gasteiger charge is -2.27. The fourth-order valence-corrected chi connectivity index (χ4v) is 4.90. The number of para-hydroxylation sites is 1. The molecule has 150 valence electrons. The summed E-state index contributed by atoms with van der Waals surface area (Å²) in [5.41, 5.74) is 1.08. The van der Waals surface area contributed by atoms with Crippen molar-refractivity contribution in [1.29, 1.82) is 0 Å². The van der Waals surface area contributed by atoms with Gasteiger partial charge in [0.15, 0.2) is 6.54 Å². The Morgan fingerprint density at radius 3 is 2.64 bits per heavy atom. The van der Waals surface area contributed by atoms with Crippen molar-refractivity contribution < 1.29 is 18.1 Å². The maximum Gasteiger partial charge on any atom is 0.279 e. The molecule has 2 aromatic rings. The third-order valence-corrected chi connectivity index (χ3v) is 6.95. The number of anilines is 2. The van der Waals surface area contributed by atoms with Gasteiger partial charge >= 0.3 is 0 Å². The Bertz CT molecular complexity index is 916. The molecule has 28 heavy (non-hydrogen) atoms. The van der Waals surface area contributed by atoms with Crippen molar-refractivity contribution in [2.75, 3.05) is 36.3 Å². The van der Waals surface area contributed by atoms with E-state index in [1.165, 1.54) is 28.7 Å². The topological polar surface area (TPSA) is 70.9 Å². The van der Waals surface area contributed by atoms with Crippen LogP contribution in [0.5, 0.6) is 0 Å². The average Bonchev–Trinajstić information content (AvgIpc) is 2.68. The molecule has 1 amide bonds. The molecule has 0 aliphatic carbocycles. The number of nitrogens with zero attached hydrogens (tertiary/aromatic N) is 1. The molecule has 1 heterocycles. The van der Waals surface area contributed by atoms with Crippen LogP contribution in [0.25, 0.3) is 0 Å². The lowest BCUT2D eigenvalue weighted by atomic mass is 10.0. The van der Waals surface area contributed by atoms with Crippen LogP contribution in [-0.4, -0.2) is 41.0 Å². The minimum atomic E-state index is -3.71. The highest BCUT2D eigenvalue weighted by molar-refractivity contribution is 7.92. The van der Waals surface area contributed by atoms with Gasteiger partial charge in [-0.2, -0.15) is 0 Å². The minimum absolute atomic E-state index is 0.0879. The second-order valence-corrected chi connectivity index (χ2v) is 9.48. The number of likely N-dealkylation sites (tertiary alicyclic amines) is 1. The SMILES string of the molecule is C[C@@H]1CCC[NH+](CC(=O)Nc2cccc(S(=O)(=O)N(C)c3ccccc3)c2)C1. The number of benzene rings is 2. The van der Waals surface area contributed by atoms with E-state index < -0.39 is 10.0 Å². The second-order valence-electron chi connectivity index (χ2n) is 7.51. The van der Waals surface area contributed by atoms with Gasteiger partial charge in [-0.25, -0.2) is 8.42 Å². The first-order chi connectivity index (χ1) is 13.4. The molecule has 1 unspecified atom stereocenters. The predicted molar refractivity (Wildman–Crippen MR) is 111 cm³/mol. The molecular weight excluding hydrogens is 374 g/mol. The third kappa shape index (κ3) is 4.91. The summed E-state index contributed by atoms with van der Waals surface area (Å²) in [6.45, 7) is 4.64. The molecule has 2 N–H and O–H groups in total. The van der Waals surface area contributed by atoms with Crippen LogP contribution in [0.3, 0.4) is 0 Å². The summed E-state index contributed by atoms with van der Waals surface area (Å²) in [6.07, 6.45) is 2.36. The maximum atomic E-state index is 12.9. The van der Waals surface area contributed by atoms with E-state index in [2.05, 4.69) is 12.2 Å². The molecule has 3 rings (SSSR count). The Labute approximate surface area is 167 Å². The van der Waals surface area contributed by atoms with E-state index in [4.69, 9.17) is 0 Å². The zero-order valence-corrected chi connectivity index (χ0v) is 17.2. The first kappa shape index (κ1) is 20.4. The first-order valence-corrected chi connectivity index (χ1v) is 11.1. The molecule has 1 aliphatic heterocycles. The molecule has 7 heteroatoms. The van der Waals surface area contributed by atoms with E-state index in [0.29, 0.717) is 23.8 Å². The number of nitrogens with one attached hydrogen (secondary N) is 2. The van der Waals surface area contributed by atoms with Gasteiger partial charge in [0.1, 0.15) is 0 Å². The quantitative estimate of drug-likeness (QED) is 0.774. The number of piperidine rings is 1. The fraction of sp³-hybridized carbons (Fsp3) is 0.381. The van der Waals surface area contributed by atoms with Gasteiger partial charge in [0.25, 0.3) is 15.9 Å². The van der Waals surface area contributed by atoms with Crippen LogP contribution in [0.15, 0.2) is 59.5 Å². The number of hydrogen-bond acceptors (Lipinski definition) is 3. The molecule has 1 aliphatic rings. The van der Waals surface area contributed by atoms with Gasteiger partial charge in [-0.15, -0.1) is 0 Å². The van der Waals surface area contributed by atoms with Crippen LogP contribution in [0.2, 0.25) is 0 Å². The van der Waals surface area contributed by atoms with Gasteiger partial charge < -0.3 is 10.2 Å². The van der Waals surface area contributed by atoms with Gasteiger partial charge in [0.2, 0.25) is 0 Å². The zero-order valence-electron chi connectivity index (χ0n) is 16.4. The molecular formula is C21H28N3O3S+. The number of amides is 1. The molecule has 0 spiro atoms. The molecule has 2 atom stereocenters. The third-order valence-electron chi connectivity index (χ3n) is 5.17. The van der Waals surface area contributed by atoms with Crippen LogP contribution >= 0.6 is 0 Å². The van der Waals surface area contributed by atoms with E-state index in [0.717, 1.165) is 19.5 Å². The summed E-state index contributed by atoms with van der Waals surface area (Å²) >= 11 is 0. The number of carbonyl (C=O) groups is 1. The molecule has 6 nitrogen and oxygen atoms in total. The van der Waals surface area contributed by atoms with Gasteiger partial charge in [-0.05, 0) is 43.2 Å². The standard InChI is InChI=1S/C21H27N3O3S/c1-17-8-7-13-24(15-17)16-21(25)22-18-9-6-12-20(14-18)28(26,27)23(2)19-10-4-3-5-11-19/h3-6,9-12,14,17H,7-8,13,15-16H2,1-2H3,(H,22,25)/p+1/t17-/m1/s1. The van der Waals surface area contributed by atoms with E-state index in [1.807, 2.05) is 6.07 Å². The van der Waals surface area contributed by atoms with Crippen LogP contribution in [0.1, 0.15) is 19.8 Å². The Kier molecular flexibility index (Phi) is 6.36. The van der Waals surface area contributed by atoms with Crippen LogP contribution in [0.4, 0.5) is 11.4 Å². The second kappa shape index (κ2) is 8.75. The average molecular weight is 403 g/mol. The van der Waals surface area contributed by atoms with Crippen LogP contribution in [-0.2, 0) is 14.8 Å². The maximum absolute atomic E-state index is 12.9. The molecule has 0 radical (unpaired) electrons. The van der Waals surface area contributed by atoms with E-state index in [1.54, 1.807) is 42.5 Å². The van der Waals surface area contributed by atoms with Crippen LogP contribution in [0, 0.1) is 5.92 Å². The van der Waals surface area contributed by atoms with Gasteiger partial charge in [0, 0.05) is 18.7 Å². The van der Waals surface area contributed by atoms with Crippen molar-refractivity contribution in [3.05, 3.63) is 54.6 Å².